The van der Waals surface area contributed by atoms with E-state index in [1.165, 1.54) is 0 Å². The lowest BCUT2D eigenvalue weighted by Crippen LogP contribution is -2.24. The number of hydrogen-bond acceptors (Lipinski definition) is 4. The maximum atomic E-state index is 9.96. The number of rotatable bonds is 1. The van der Waals surface area contributed by atoms with Crippen molar-refractivity contribution in [3.8, 4) is 0 Å². The molecule has 1 N–H and O–H groups in total. The predicted octanol–water partition coefficient (Wildman–Crippen LogP) is 0.441. The van der Waals surface area contributed by atoms with E-state index in [9.17, 15) is 10.1 Å². The van der Waals surface area contributed by atoms with Gasteiger partial charge >= 0.3 is 0 Å². The molecule has 1 rings (SSSR count). The van der Waals surface area contributed by atoms with Crippen molar-refractivity contribution in [3.63, 3.8) is 0 Å². The average molecular weight is 160 g/mol. The fraction of sp³-hybridized carbons (Fsp3) is 0.600. The molecule has 0 aromatic rings. The molecular weight excluding hydrogens is 152 g/mol. The number of nitrogens with one attached hydrogen (secondary N) is 1. The van der Waals surface area contributed by atoms with Crippen molar-refractivity contribution in [3.05, 3.63) is 21.2 Å². The van der Waals surface area contributed by atoms with Gasteiger partial charge in [-0.15, -0.1) is 11.8 Å². The summed E-state index contributed by atoms with van der Waals surface area (Å²) in [5.74, 6) is 0.930. The summed E-state index contributed by atoms with van der Waals surface area (Å²) in [5.41, 5.74) is 0. The Balaban J connectivity index is 2.45. The predicted molar refractivity (Wildman–Crippen MR) is 40.4 cm³/mol. The van der Waals surface area contributed by atoms with E-state index in [0.717, 1.165) is 23.4 Å². The largest absolute Gasteiger partial charge is 0.311 e. The molecule has 0 aliphatic carbocycles. The minimum absolute atomic E-state index is 0.407. The summed E-state index contributed by atoms with van der Waals surface area (Å²) in [4.78, 5) is 10.4. The average Bonchev–Trinajstić information content (AvgIpc) is 1.88. The molecule has 0 saturated carbocycles. The zero-order valence-corrected chi connectivity index (χ0v) is 6.19. The van der Waals surface area contributed by atoms with Gasteiger partial charge in [-0.3, -0.25) is 10.1 Å². The van der Waals surface area contributed by atoms with E-state index in [0.29, 0.717) is 6.54 Å². The summed E-state index contributed by atoms with van der Waals surface area (Å²) in [7, 11) is 0. The van der Waals surface area contributed by atoms with Crippen LogP contribution in [0.1, 0.15) is 0 Å². The van der Waals surface area contributed by atoms with Gasteiger partial charge in [-0.05, 0) is 0 Å². The molecular formula is C5H8N2O2S. The van der Waals surface area contributed by atoms with Gasteiger partial charge in [0.05, 0.1) is 9.83 Å². The van der Waals surface area contributed by atoms with E-state index in [2.05, 4.69) is 5.32 Å². The quantitative estimate of drug-likeness (QED) is 0.446. The minimum Gasteiger partial charge on any atom is -0.311 e. The first-order valence-corrected chi connectivity index (χ1v) is 3.95. The highest BCUT2D eigenvalue weighted by molar-refractivity contribution is 8.03. The van der Waals surface area contributed by atoms with Gasteiger partial charge < -0.3 is 5.32 Å². The molecule has 0 aromatic carbocycles. The first kappa shape index (κ1) is 7.56. The zero-order valence-electron chi connectivity index (χ0n) is 5.37. The Morgan fingerprint density at radius 3 is 3.10 bits per heavy atom. The van der Waals surface area contributed by atoms with Gasteiger partial charge in [0.1, 0.15) is 0 Å². The second-order valence-electron chi connectivity index (χ2n) is 1.91. The van der Waals surface area contributed by atoms with Gasteiger partial charge in [-0.2, -0.15) is 0 Å². The highest BCUT2D eigenvalue weighted by Gasteiger charge is 2.07. The molecule has 1 aliphatic rings. The minimum atomic E-state index is -0.407. The molecule has 5 heteroatoms. The van der Waals surface area contributed by atoms with Gasteiger partial charge in [0, 0.05) is 18.8 Å². The maximum Gasteiger partial charge on any atom is 0.245 e. The number of hydrogen-bond donors (Lipinski definition) is 1. The van der Waals surface area contributed by atoms with Crippen LogP contribution in [-0.4, -0.2) is 23.8 Å². The Labute approximate surface area is 62.8 Å². The summed E-state index contributed by atoms with van der Waals surface area (Å²) < 4.78 is 0. The first-order chi connectivity index (χ1) is 4.79. The zero-order chi connectivity index (χ0) is 7.40. The standard InChI is InChI=1S/C5H8N2O2S/c8-7(9)4-5-3-6-1-2-10-5/h4,6H,1-3H2. The molecule has 0 atom stereocenters. The van der Waals surface area contributed by atoms with Crippen LogP contribution < -0.4 is 5.32 Å². The summed E-state index contributed by atoms with van der Waals surface area (Å²) in [6.45, 7) is 1.59. The molecule has 0 aromatic heterocycles. The molecule has 1 heterocycles. The lowest BCUT2D eigenvalue weighted by molar-refractivity contribution is -0.402. The SMILES string of the molecule is O=[N+]([O-])C=C1CNCCS1. The van der Waals surface area contributed by atoms with Crippen LogP contribution in [0.25, 0.3) is 0 Å². The fourth-order valence-electron chi connectivity index (χ4n) is 0.717. The highest BCUT2D eigenvalue weighted by Crippen LogP contribution is 2.16. The van der Waals surface area contributed by atoms with Crippen molar-refractivity contribution in [1.82, 2.24) is 5.32 Å². The Morgan fingerprint density at radius 2 is 2.60 bits per heavy atom. The van der Waals surface area contributed by atoms with Crippen LogP contribution in [-0.2, 0) is 0 Å². The van der Waals surface area contributed by atoms with Crippen LogP contribution in [0.15, 0.2) is 11.1 Å². The number of nitrogens with zero attached hydrogens (tertiary/aromatic N) is 1. The van der Waals surface area contributed by atoms with Crippen molar-refractivity contribution in [2.75, 3.05) is 18.8 Å². The van der Waals surface area contributed by atoms with Crippen molar-refractivity contribution in [2.45, 2.75) is 0 Å². The Bertz CT molecular complexity index is 161. The molecule has 0 spiro atoms. The van der Waals surface area contributed by atoms with Crippen LogP contribution >= 0.6 is 11.8 Å². The molecule has 1 saturated heterocycles. The van der Waals surface area contributed by atoms with Crippen molar-refractivity contribution in [1.29, 1.82) is 0 Å². The van der Waals surface area contributed by atoms with Gasteiger partial charge in [0.15, 0.2) is 0 Å². The summed E-state index contributed by atoms with van der Waals surface area (Å²) in [6, 6.07) is 0. The molecule has 4 nitrogen and oxygen atoms in total. The highest BCUT2D eigenvalue weighted by atomic mass is 32.2. The third kappa shape index (κ3) is 2.36. The van der Waals surface area contributed by atoms with Gasteiger partial charge in [-0.1, -0.05) is 0 Å². The third-order valence-electron chi connectivity index (χ3n) is 1.11. The van der Waals surface area contributed by atoms with Crippen LogP contribution in [0.5, 0.6) is 0 Å². The summed E-state index contributed by atoms with van der Waals surface area (Å²) in [5, 5.41) is 13.0. The van der Waals surface area contributed by atoms with Crippen LogP contribution in [0.2, 0.25) is 0 Å². The second kappa shape index (κ2) is 3.58. The molecule has 0 amide bonds. The monoisotopic (exact) mass is 160 g/mol. The van der Waals surface area contributed by atoms with Crippen molar-refractivity contribution in [2.24, 2.45) is 0 Å². The van der Waals surface area contributed by atoms with E-state index in [4.69, 9.17) is 0 Å². The van der Waals surface area contributed by atoms with Gasteiger partial charge in [0.2, 0.25) is 6.20 Å². The topological polar surface area (TPSA) is 55.2 Å². The number of nitro groups is 1. The number of thioether (sulfide) groups is 1. The van der Waals surface area contributed by atoms with Crippen LogP contribution in [0.4, 0.5) is 0 Å². The van der Waals surface area contributed by atoms with E-state index in [1.54, 1.807) is 11.8 Å². The van der Waals surface area contributed by atoms with Crippen LogP contribution in [0, 0.1) is 10.1 Å². The van der Waals surface area contributed by atoms with E-state index >= 15 is 0 Å². The lowest BCUT2D eigenvalue weighted by Gasteiger charge is -2.11. The third-order valence-corrected chi connectivity index (χ3v) is 2.14. The van der Waals surface area contributed by atoms with E-state index in [1.807, 2.05) is 0 Å². The fourth-order valence-corrected chi connectivity index (χ4v) is 1.59. The molecule has 0 unspecified atom stereocenters. The molecule has 0 radical (unpaired) electrons. The lowest BCUT2D eigenvalue weighted by atomic mass is 10.5. The van der Waals surface area contributed by atoms with Crippen molar-refractivity contribution < 1.29 is 4.92 Å². The van der Waals surface area contributed by atoms with E-state index in [-0.39, 0.29) is 0 Å². The Hall–Kier alpha value is -0.550. The smallest absolute Gasteiger partial charge is 0.245 e. The molecule has 1 aliphatic heterocycles. The van der Waals surface area contributed by atoms with Gasteiger partial charge in [0.25, 0.3) is 0 Å². The maximum absolute atomic E-state index is 9.96. The summed E-state index contributed by atoms with van der Waals surface area (Å²) >= 11 is 1.55. The second-order valence-corrected chi connectivity index (χ2v) is 3.13. The molecule has 56 valence electrons. The van der Waals surface area contributed by atoms with E-state index < -0.39 is 4.92 Å². The van der Waals surface area contributed by atoms with Crippen LogP contribution in [0.3, 0.4) is 0 Å². The Morgan fingerprint density at radius 1 is 1.80 bits per heavy atom. The Kier molecular flexibility index (Phi) is 2.70. The molecule has 10 heavy (non-hydrogen) atoms. The molecule has 0 bridgehead atoms. The molecule has 1 fully saturated rings. The van der Waals surface area contributed by atoms with Crippen molar-refractivity contribution >= 4 is 11.8 Å². The normalized spacial score (nSPS) is 23.0. The summed E-state index contributed by atoms with van der Waals surface area (Å²) in [6.07, 6.45) is 1.07. The van der Waals surface area contributed by atoms with Gasteiger partial charge in [-0.25, -0.2) is 0 Å². The first-order valence-electron chi connectivity index (χ1n) is 2.97.